The first-order valence-electron chi connectivity index (χ1n) is 13.5. The van der Waals surface area contributed by atoms with Gasteiger partial charge in [-0.05, 0) is 87.9 Å². The van der Waals surface area contributed by atoms with E-state index < -0.39 is 23.8 Å². The Hall–Kier alpha value is -2.61. The third kappa shape index (κ3) is 6.64. The number of ether oxygens (including phenoxy) is 1. The molecule has 2 atom stereocenters. The van der Waals surface area contributed by atoms with Crippen molar-refractivity contribution in [2.24, 2.45) is 0 Å². The van der Waals surface area contributed by atoms with E-state index in [0.717, 1.165) is 70.4 Å². The molecule has 2 aromatic carbocycles. The van der Waals surface area contributed by atoms with Crippen LogP contribution in [0.25, 0.3) is 0 Å². The molecule has 3 aliphatic rings. The lowest BCUT2D eigenvalue weighted by Gasteiger charge is -2.29. The molecule has 5 rings (SSSR count). The lowest BCUT2D eigenvalue weighted by atomic mass is 10.0. The lowest BCUT2D eigenvalue weighted by Crippen LogP contribution is -2.48. The Balaban J connectivity index is 1.30. The number of hydrogen-bond donors (Lipinski definition) is 2. The second-order valence-electron chi connectivity index (χ2n) is 10.5. The Morgan fingerprint density at radius 2 is 1.73 bits per heavy atom. The number of rotatable bonds is 10. The maximum atomic E-state index is 13.2. The summed E-state index contributed by atoms with van der Waals surface area (Å²) >= 11 is 6.44. The zero-order chi connectivity index (χ0) is 25.8. The number of piperidine rings is 1. The summed E-state index contributed by atoms with van der Waals surface area (Å²) < 4.78 is 5.82. The molecule has 2 aliphatic heterocycles. The van der Waals surface area contributed by atoms with E-state index in [1.54, 1.807) is 30.3 Å². The molecule has 1 saturated carbocycles. The van der Waals surface area contributed by atoms with E-state index >= 15 is 0 Å². The van der Waals surface area contributed by atoms with E-state index in [-0.39, 0.29) is 6.10 Å². The van der Waals surface area contributed by atoms with E-state index in [9.17, 15) is 14.7 Å². The smallest absolute Gasteiger partial charge is 0.292 e. The van der Waals surface area contributed by atoms with Crippen molar-refractivity contribution in [1.82, 2.24) is 10.2 Å². The third-order valence-corrected chi connectivity index (χ3v) is 7.80. The van der Waals surface area contributed by atoms with Crippen LogP contribution in [0.15, 0.2) is 42.5 Å². The first-order chi connectivity index (χ1) is 18.0. The Morgan fingerprint density at radius 3 is 2.43 bits per heavy atom. The van der Waals surface area contributed by atoms with Gasteiger partial charge < -0.3 is 25.0 Å². The summed E-state index contributed by atoms with van der Waals surface area (Å²) in [6, 6.07) is 11.9. The SMILES string of the molecule is O=C(NC(CN1CCCC1)C(O)c1ccc(OC2CC2)c(Cl)c1)C(=O)c1cccc(N2CCCCC2)c1. The molecule has 2 saturated heterocycles. The second kappa shape index (κ2) is 11.8. The summed E-state index contributed by atoms with van der Waals surface area (Å²) in [6.45, 7) is 4.17. The van der Waals surface area contributed by atoms with Crippen molar-refractivity contribution < 1.29 is 19.4 Å². The van der Waals surface area contributed by atoms with Gasteiger partial charge in [-0.1, -0.05) is 29.8 Å². The number of nitrogens with one attached hydrogen (secondary N) is 1. The van der Waals surface area contributed by atoms with Crippen molar-refractivity contribution in [2.75, 3.05) is 37.6 Å². The summed E-state index contributed by atoms with van der Waals surface area (Å²) in [4.78, 5) is 30.8. The van der Waals surface area contributed by atoms with Gasteiger partial charge in [0, 0.05) is 30.9 Å². The number of benzene rings is 2. The maximum absolute atomic E-state index is 13.2. The van der Waals surface area contributed by atoms with Crippen LogP contribution in [0.5, 0.6) is 5.75 Å². The van der Waals surface area contributed by atoms with Crippen LogP contribution in [-0.2, 0) is 4.79 Å². The number of halogens is 1. The minimum Gasteiger partial charge on any atom is -0.489 e. The van der Waals surface area contributed by atoms with Crippen molar-refractivity contribution in [1.29, 1.82) is 0 Å². The van der Waals surface area contributed by atoms with Gasteiger partial charge >= 0.3 is 0 Å². The highest BCUT2D eigenvalue weighted by Gasteiger charge is 2.30. The molecular formula is C29H36ClN3O4. The number of likely N-dealkylation sites (tertiary alicyclic amines) is 1. The standard InChI is InChI=1S/C29H36ClN3O4/c30-24-18-21(9-12-26(24)37-23-10-11-23)27(34)25(19-32-13-4-5-14-32)31-29(36)28(35)20-7-6-8-22(17-20)33-15-2-1-3-16-33/h6-9,12,17-18,23,25,27,34H,1-5,10-11,13-16,19H2,(H,31,36). The van der Waals surface area contributed by atoms with E-state index in [1.807, 2.05) is 12.1 Å². The van der Waals surface area contributed by atoms with Gasteiger partial charge in [-0.25, -0.2) is 0 Å². The van der Waals surface area contributed by atoms with Crippen LogP contribution in [0.1, 0.15) is 67.0 Å². The molecule has 1 aliphatic carbocycles. The Labute approximate surface area is 223 Å². The number of nitrogens with zero attached hydrogens (tertiary/aromatic N) is 2. The minimum atomic E-state index is -1.02. The van der Waals surface area contributed by atoms with Crippen LogP contribution in [-0.4, -0.2) is 66.6 Å². The molecule has 0 spiro atoms. The zero-order valence-corrected chi connectivity index (χ0v) is 22.0. The molecule has 1 amide bonds. The molecule has 7 nitrogen and oxygen atoms in total. The molecule has 3 fully saturated rings. The Kier molecular flexibility index (Phi) is 8.33. The van der Waals surface area contributed by atoms with Gasteiger partial charge in [0.05, 0.1) is 17.2 Å². The number of carbonyl (C=O) groups excluding carboxylic acids is 2. The Morgan fingerprint density at radius 1 is 1.00 bits per heavy atom. The van der Waals surface area contributed by atoms with Crippen LogP contribution in [0.4, 0.5) is 5.69 Å². The van der Waals surface area contributed by atoms with Crippen molar-refractivity contribution >= 4 is 29.0 Å². The number of aliphatic hydroxyl groups is 1. The lowest BCUT2D eigenvalue weighted by molar-refractivity contribution is -0.118. The average Bonchev–Trinajstić information content (AvgIpc) is 3.60. The number of Topliss-reactive ketones (excluding diaryl/α,β-unsaturated/α-hetero) is 1. The molecule has 0 radical (unpaired) electrons. The number of carbonyl (C=O) groups is 2. The normalized spacial score (nSPS) is 19.9. The fourth-order valence-electron chi connectivity index (χ4n) is 5.22. The molecule has 8 heteroatoms. The highest BCUT2D eigenvalue weighted by molar-refractivity contribution is 6.43. The zero-order valence-electron chi connectivity index (χ0n) is 21.2. The van der Waals surface area contributed by atoms with Crippen LogP contribution in [0.3, 0.4) is 0 Å². The Bertz CT molecular complexity index is 1110. The number of ketones is 1. The van der Waals surface area contributed by atoms with Crippen LogP contribution >= 0.6 is 11.6 Å². The quantitative estimate of drug-likeness (QED) is 0.354. The van der Waals surface area contributed by atoms with Gasteiger partial charge in [0.1, 0.15) is 11.9 Å². The van der Waals surface area contributed by atoms with Gasteiger partial charge in [0.25, 0.3) is 5.91 Å². The molecule has 0 bridgehead atoms. The number of hydrogen-bond acceptors (Lipinski definition) is 6. The van der Waals surface area contributed by atoms with Crippen molar-refractivity contribution in [2.45, 2.75) is 63.2 Å². The third-order valence-electron chi connectivity index (χ3n) is 7.50. The summed E-state index contributed by atoms with van der Waals surface area (Å²) in [5, 5.41) is 14.6. The molecule has 37 heavy (non-hydrogen) atoms. The van der Waals surface area contributed by atoms with Crippen LogP contribution in [0.2, 0.25) is 5.02 Å². The molecule has 2 N–H and O–H groups in total. The summed E-state index contributed by atoms with van der Waals surface area (Å²) in [5.41, 5.74) is 1.91. The predicted molar refractivity (Wildman–Crippen MR) is 145 cm³/mol. The van der Waals surface area contributed by atoms with Crippen LogP contribution < -0.4 is 15.0 Å². The first-order valence-corrected chi connectivity index (χ1v) is 13.9. The van der Waals surface area contributed by atoms with E-state index in [4.69, 9.17) is 16.3 Å². The van der Waals surface area contributed by atoms with Gasteiger partial charge in [-0.2, -0.15) is 0 Å². The summed E-state index contributed by atoms with van der Waals surface area (Å²) in [5.74, 6) is -0.702. The average molecular weight is 526 g/mol. The second-order valence-corrected chi connectivity index (χ2v) is 10.9. The molecular weight excluding hydrogens is 490 g/mol. The highest BCUT2D eigenvalue weighted by atomic mass is 35.5. The maximum Gasteiger partial charge on any atom is 0.292 e. The van der Waals surface area contributed by atoms with Crippen molar-refractivity contribution in [3.63, 3.8) is 0 Å². The fraction of sp³-hybridized carbons (Fsp3) is 0.517. The first kappa shape index (κ1) is 26.0. The number of amides is 1. The molecule has 198 valence electrons. The van der Waals surface area contributed by atoms with Gasteiger partial charge in [-0.15, -0.1) is 0 Å². The van der Waals surface area contributed by atoms with E-state index in [2.05, 4.69) is 15.1 Å². The van der Waals surface area contributed by atoms with E-state index in [0.29, 0.717) is 28.4 Å². The van der Waals surface area contributed by atoms with Crippen molar-refractivity contribution in [3.8, 4) is 5.75 Å². The van der Waals surface area contributed by atoms with Gasteiger partial charge in [-0.3, -0.25) is 9.59 Å². The van der Waals surface area contributed by atoms with Gasteiger partial charge in [0.2, 0.25) is 5.78 Å². The molecule has 2 unspecified atom stereocenters. The van der Waals surface area contributed by atoms with E-state index in [1.165, 1.54) is 6.42 Å². The largest absolute Gasteiger partial charge is 0.489 e. The van der Waals surface area contributed by atoms with Crippen LogP contribution in [0, 0.1) is 0 Å². The molecule has 2 aromatic rings. The summed E-state index contributed by atoms with van der Waals surface area (Å²) in [7, 11) is 0. The molecule has 2 heterocycles. The fourth-order valence-corrected chi connectivity index (χ4v) is 5.46. The topological polar surface area (TPSA) is 82.1 Å². The predicted octanol–water partition coefficient (Wildman–Crippen LogP) is 4.37. The van der Waals surface area contributed by atoms with Crippen molar-refractivity contribution in [3.05, 3.63) is 58.6 Å². The van der Waals surface area contributed by atoms with Gasteiger partial charge in [0.15, 0.2) is 0 Å². The highest BCUT2D eigenvalue weighted by Crippen LogP contribution is 2.34. The summed E-state index contributed by atoms with van der Waals surface area (Å²) in [6.07, 6.45) is 6.90. The molecule has 0 aromatic heterocycles. The number of aliphatic hydroxyl groups excluding tert-OH is 1. The monoisotopic (exact) mass is 525 g/mol. The number of anilines is 1. The minimum absolute atomic E-state index is 0.218.